The molecule has 0 unspecified atom stereocenters. The summed E-state index contributed by atoms with van der Waals surface area (Å²) in [7, 11) is 0. The zero-order chi connectivity index (χ0) is 33.5. The first kappa shape index (κ1) is 28.2. The van der Waals surface area contributed by atoms with Crippen molar-refractivity contribution in [3.05, 3.63) is 164 Å². The van der Waals surface area contributed by atoms with Crippen molar-refractivity contribution < 1.29 is 0 Å². The maximum atomic E-state index is 5.37. The van der Waals surface area contributed by atoms with E-state index < -0.39 is 0 Å². The number of para-hydroxylation sites is 3. The second kappa shape index (κ2) is 10.9. The van der Waals surface area contributed by atoms with E-state index in [-0.39, 0.29) is 0 Å². The molecule has 0 amide bonds. The summed E-state index contributed by atoms with van der Waals surface area (Å²) >= 11 is 1.82. The molecular formula is C45H27N5S. The minimum Gasteiger partial charge on any atom is -0.309 e. The third-order valence-corrected chi connectivity index (χ3v) is 11.1. The van der Waals surface area contributed by atoms with E-state index in [1.54, 1.807) is 0 Å². The summed E-state index contributed by atoms with van der Waals surface area (Å²) in [6.07, 6.45) is 0. The minimum absolute atomic E-state index is 0.592. The van der Waals surface area contributed by atoms with E-state index in [1.807, 2.05) is 29.5 Å². The molecule has 238 valence electrons. The molecule has 0 radical (unpaired) electrons. The molecule has 0 spiro atoms. The zero-order valence-corrected chi connectivity index (χ0v) is 28.0. The van der Waals surface area contributed by atoms with Crippen LogP contribution in [0.25, 0.3) is 98.2 Å². The molecule has 0 bridgehead atoms. The summed E-state index contributed by atoms with van der Waals surface area (Å²) in [4.78, 5) is 15.8. The Kier molecular flexibility index (Phi) is 6.05. The first-order chi connectivity index (χ1) is 25.3. The fraction of sp³-hybridized carbons (Fsp3) is 0. The summed E-state index contributed by atoms with van der Waals surface area (Å²) in [5, 5.41) is 7.17. The molecule has 0 aliphatic rings. The third kappa shape index (κ3) is 4.24. The molecule has 4 heterocycles. The Morgan fingerprint density at radius 2 is 1.04 bits per heavy atom. The number of benzene rings is 7. The molecule has 0 saturated heterocycles. The van der Waals surface area contributed by atoms with Gasteiger partial charge in [-0.05, 0) is 48.5 Å². The van der Waals surface area contributed by atoms with Gasteiger partial charge in [0.2, 0.25) is 5.95 Å². The first-order valence-electron chi connectivity index (χ1n) is 17.0. The van der Waals surface area contributed by atoms with Crippen LogP contribution < -0.4 is 0 Å². The van der Waals surface area contributed by atoms with Crippen LogP contribution in [0, 0.1) is 0 Å². The van der Waals surface area contributed by atoms with Crippen LogP contribution in [0.4, 0.5) is 0 Å². The predicted molar refractivity (Wildman–Crippen MR) is 212 cm³/mol. The summed E-state index contributed by atoms with van der Waals surface area (Å²) < 4.78 is 7.08. The number of fused-ring (bicyclic) bond motifs is 9. The van der Waals surface area contributed by atoms with Crippen molar-refractivity contribution in [2.24, 2.45) is 0 Å². The van der Waals surface area contributed by atoms with Gasteiger partial charge in [0.25, 0.3) is 0 Å². The molecule has 0 fully saturated rings. The smallest absolute Gasteiger partial charge is 0.238 e. The molecule has 5 nitrogen and oxygen atoms in total. The lowest BCUT2D eigenvalue weighted by Gasteiger charge is -2.12. The predicted octanol–water partition coefficient (Wildman–Crippen LogP) is 11.8. The molecule has 0 atom stereocenters. The zero-order valence-electron chi connectivity index (χ0n) is 27.2. The van der Waals surface area contributed by atoms with E-state index in [2.05, 4.69) is 155 Å². The second-order valence-electron chi connectivity index (χ2n) is 12.9. The van der Waals surface area contributed by atoms with Gasteiger partial charge in [-0.3, -0.25) is 4.57 Å². The summed E-state index contributed by atoms with van der Waals surface area (Å²) in [5.74, 6) is 1.86. The van der Waals surface area contributed by atoms with Gasteiger partial charge in [-0.25, -0.2) is 4.98 Å². The number of rotatable bonds is 4. The Hall–Kier alpha value is -6.63. The number of hydrogen-bond acceptors (Lipinski definition) is 4. The van der Waals surface area contributed by atoms with E-state index in [0.29, 0.717) is 17.6 Å². The van der Waals surface area contributed by atoms with Crippen molar-refractivity contribution in [3.8, 4) is 34.4 Å². The molecule has 0 aliphatic heterocycles. The molecule has 11 rings (SSSR count). The number of nitrogens with zero attached hydrogens (tertiary/aromatic N) is 5. The van der Waals surface area contributed by atoms with Crippen LogP contribution in [-0.2, 0) is 0 Å². The van der Waals surface area contributed by atoms with Gasteiger partial charge in [0.05, 0.1) is 22.1 Å². The quantitative estimate of drug-likeness (QED) is 0.187. The molecule has 0 saturated carbocycles. The van der Waals surface area contributed by atoms with Crippen molar-refractivity contribution >= 4 is 75.1 Å². The van der Waals surface area contributed by atoms with Gasteiger partial charge in [0.1, 0.15) is 0 Å². The summed E-state index contributed by atoms with van der Waals surface area (Å²) in [5.41, 5.74) is 7.39. The third-order valence-electron chi connectivity index (χ3n) is 9.98. The maximum Gasteiger partial charge on any atom is 0.238 e. The lowest BCUT2D eigenvalue weighted by atomic mass is 10.1. The molecule has 51 heavy (non-hydrogen) atoms. The lowest BCUT2D eigenvalue weighted by Crippen LogP contribution is -2.06. The number of thiophene rings is 1. The Balaban J connectivity index is 1.24. The largest absolute Gasteiger partial charge is 0.309 e. The highest BCUT2D eigenvalue weighted by Gasteiger charge is 2.22. The first-order valence-corrected chi connectivity index (χ1v) is 17.9. The molecule has 7 aromatic carbocycles. The van der Waals surface area contributed by atoms with Gasteiger partial charge < -0.3 is 4.57 Å². The monoisotopic (exact) mass is 669 g/mol. The lowest BCUT2D eigenvalue weighted by molar-refractivity contribution is 0.955. The molecule has 0 N–H and O–H groups in total. The van der Waals surface area contributed by atoms with E-state index in [1.165, 1.54) is 30.9 Å². The Morgan fingerprint density at radius 1 is 0.392 bits per heavy atom. The van der Waals surface area contributed by atoms with Crippen molar-refractivity contribution in [1.29, 1.82) is 0 Å². The van der Waals surface area contributed by atoms with E-state index in [4.69, 9.17) is 15.0 Å². The Labute approximate surface area is 296 Å². The van der Waals surface area contributed by atoms with E-state index >= 15 is 0 Å². The van der Waals surface area contributed by atoms with Crippen molar-refractivity contribution in [2.75, 3.05) is 0 Å². The van der Waals surface area contributed by atoms with Crippen molar-refractivity contribution in [2.45, 2.75) is 0 Å². The SMILES string of the molecule is c1ccc(-c2nc(-c3cccc4c3c3ccccc3n4-c3ccccc3)nc(-n3c4ccccc4c4cc5c(cc43)sc3ccccc35)n2)cc1. The average Bonchev–Trinajstić information content (AvgIpc) is 3.84. The van der Waals surface area contributed by atoms with Gasteiger partial charge in [0.15, 0.2) is 11.6 Å². The standard InChI is InChI=1S/C45H27N5S/c1-3-14-28(15-4-1)43-46-44(33-21-13-24-38-42(33)32-20-8-11-23-37(32)49(38)29-16-5-2-6-17-29)48-45(47-43)50-36-22-10-7-18-30(36)34-26-35-31-19-9-12-25-40(31)51-41(35)27-39(34)50/h1-27H. The average molecular weight is 670 g/mol. The minimum atomic E-state index is 0.592. The maximum absolute atomic E-state index is 5.37. The summed E-state index contributed by atoms with van der Waals surface area (Å²) in [6.45, 7) is 0. The normalized spacial score (nSPS) is 11.9. The molecule has 0 aliphatic carbocycles. The number of hydrogen-bond donors (Lipinski definition) is 0. The second-order valence-corrected chi connectivity index (χ2v) is 13.9. The molecule has 6 heteroatoms. The van der Waals surface area contributed by atoms with Crippen LogP contribution >= 0.6 is 11.3 Å². The van der Waals surface area contributed by atoms with Gasteiger partial charge in [-0.15, -0.1) is 11.3 Å². The van der Waals surface area contributed by atoms with Crippen LogP contribution in [0.2, 0.25) is 0 Å². The highest BCUT2D eigenvalue weighted by atomic mass is 32.1. The molecular weight excluding hydrogens is 643 g/mol. The highest BCUT2D eigenvalue weighted by Crippen LogP contribution is 2.41. The van der Waals surface area contributed by atoms with Crippen LogP contribution in [0.3, 0.4) is 0 Å². The van der Waals surface area contributed by atoms with Crippen molar-refractivity contribution in [1.82, 2.24) is 24.1 Å². The fourth-order valence-electron chi connectivity index (χ4n) is 7.77. The topological polar surface area (TPSA) is 48.5 Å². The van der Waals surface area contributed by atoms with Crippen LogP contribution in [0.1, 0.15) is 0 Å². The Morgan fingerprint density at radius 3 is 1.86 bits per heavy atom. The van der Waals surface area contributed by atoms with E-state index in [0.717, 1.165) is 49.7 Å². The van der Waals surface area contributed by atoms with Gasteiger partial charge in [-0.2, -0.15) is 9.97 Å². The molecule has 11 aromatic rings. The van der Waals surface area contributed by atoms with Crippen LogP contribution in [0.5, 0.6) is 0 Å². The molecule has 4 aromatic heterocycles. The van der Waals surface area contributed by atoms with Crippen LogP contribution in [-0.4, -0.2) is 24.1 Å². The van der Waals surface area contributed by atoms with E-state index in [9.17, 15) is 0 Å². The van der Waals surface area contributed by atoms with Crippen molar-refractivity contribution in [3.63, 3.8) is 0 Å². The van der Waals surface area contributed by atoms with Gasteiger partial charge >= 0.3 is 0 Å². The van der Waals surface area contributed by atoms with Gasteiger partial charge in [0, 0.05) is 58.5 Å². The Bertz CT molecular complexity index is 3140. The highest BCUT2D eigenvalue weighted by molar-refractivity contribution is 7.25. The van der Waals surface area contributed by atoms with Crippen LogP contribution in [0.15, 0.2) is 164 Å². The number of aromatic nitrogens is 5. The summed E-state index contributed by atoms with van der Waals surface area (Å²) in [6, 6.07) is 57.7. The van der Waals surface area contributed by atoms with Gasteiger partial charge in [-0.1, -0.05) is 115 Å². The fourth-order valence-corrected chi connectivity index (χ4v) is 8.89.